The maximum atomic E-state index is 13.8. The van der Waals surface area contributed by atoms with Crippen molar-refractivity contribution in [3.8, 4) is 10.4 Å². The number of carbonyl (C=O) groups is 1. The Kier molecular flexibility index (Phi) is 7.61. The first-order valence-corrected chi connectivity index (χ1v) is 15.5. The lowest BCUT2D eigenvalue weighted by Gasteiger charge is -2.36. The summed E-state index contributed by atoms with van der Waals surface area (Å²) >= 11 is 1.47. The molecule has 0 radical (unpaired) electrons. The molecule has 3 aromatic heterocycles. The van der Waals surface area contributed by atoms with Gasteiger partial charge in [-0.05, 0) is 70.9 Å². The van der Waals surface area contributed by atoms with Crippen molar-refractivity contribution in [2.45, 2.75) is 65.0 Å². The summed E-state index contributed by atoms with van der Waals surface area (Å²) in [6, 6.07) is 10.2. The van der Waals surface area contributed by atoms with Crippen LogP contribution in [0, 0.1) is 6.92 Å². The topological polar surface area (TPSA) is 105 Å². The van der Waals surface area contributed by atoms with Crippen molar-refractivity contribution in [3.05, 3.63) is 58.1 Å². The lowest BCUT2D eigenvalue weighted by Crippen LogP contribution is -2.50. The standard InChI is InChI=1S/C31H37N7O3S/c1-20-24-17-25(26-18-32-19-42-26)28(39)38(23-7-5-6-8-23)27(24)35-29(33-20)34-21-9-11-22(12-10-21)36-13-15-37(16-14-36)30(40)41-31(2,3)4/h9-12,17-19,23H,5-8,13-16H2,1-4H3,(H,33,34,35). The third kappa shape index (κ3) is 5.83. The van der Waals surface area contributed by atoms with E-state index in [9.17, 15) is 9.59 Å². The highest BCUT2D eigenvalue weighted by Crippen LogP contribution is 2.33. The fourth-order valence-electron chi connectivity index (χ4n) is 5.79. The van der Waals surface area contributed by atoms with Crippen molar-refractivity contribution in [2.24, 2.45) is 0 Å². The van der Waals surface area contributed by atoms with E-state index < -0.39 is 5.60 Å². The first kappa shape index (κ1) is 28.1. The zero-order chi connectivity index (χ0) is 29.4. The van der Waals surface area contributed by atoms with Gasteiger partial charge < -0.3 is 19.9 Å². The van der Waals surface area contributed by atoms with Gasteiger partial charge in [-0.15, -0.1) is 11.3 Å². The molecule has 10 nitrogen and oxygen atoms in total. The van der Waals surface area contributed by atoms with E-state index in [4.69, 9.17) is 14.7 Å². The number of carbonyl (C=O) groups excluding carboxylic acids is 1. The van der Waals surface area contributed by atoms with Gasteiger partial charge in [0, 0.05) is 55.2 Å². The molecule has 6 rings (SSSR count). The van der Waals surface area contributed by atoms with Crippen LogP contribution in [0.2, 0.25) is 0 Å². The molecule has 220 valence electrons. The Balaban J connectivity index is 1.22. The number of thiazole rings is 1. The number of fused-ring (bicyclic) bond motifs is 1. The summed E-state index contributed by atoms with van der Waals surface area (Å²) in [4.78, 5) is 44.9. The van der Waals surface area contributed by atoms with Gasteiger partial charge in [-0.3, -0.25) is 14.3 Å². The molecule has 0 atom stereocenters. The SMILES string of the molecule is Cc1nc(Nc2ccc(N3CCN(C(=O)OC(C)(C)C)CC3)cc2)nc2c1cc(-c1cncs1)c(=O)n2C1CCCC1. The number of benzene rings is 1. The zero-order valence-corrected chi connectivity index (χ0v) is 25.4. The highest BCUT2D eigenvalue weighted by molar-refractivity contribution is 7.13. The van der Waals surface area contributed by atoms with E-state index in [0.717, 1.165) is 66.1 Å². The second-order valence-corrected chi connectivity index (χ2v) is 12.9. The molecule has 1 aliphatic carbocycles. The first-order valence-electron chi connectivity index (χ1n) is 14.6. The minimum absolute atomic E-state index is 0.0150. The first-order chi connectivity index (χ1) is 20.2. The van der Waals surface area contributed by atoms with Crippen LogP contribution < -0.4 is 15.8 Å². The van der Waals surface area contributed by atoms with E-state index in [2.05, 4.69) is 27.3 Å². The lowest BCUT2D eigenvalue weighted by atomic mass is 10.1. The highest BCUT2D eigenvalue weighted by Gasteiger charge is 2.27. The van der Waals surface area contributed by atoms with Crippen LogP contribution in [0.1, 0.15) is 58.2 Å². The van der Waals surface area contributed by atoms with Gasteiger partial charge in [0.05, 0.1) is 21.6 Å². The fraction of sp³-hybridized carbons (Fsp3) is 0.452. The molecular weight excluding hydrogens is 550 g/mol. The molecule has 2 aliphatic rings. The Morgan fingerprint density at radius 3 is 2.40 bits per heavy atom. The Hall–Kier alpha value is -3.99. The summed E-state index contributed by atoms with van der Waals surface area (Å²) in [5.41, 5.74) is 5.35. The van der Waals surface area contributed by atoms with Crippen molar-refractivity contribution in [3.63, 3.8) is 0 Å². The number of anilines is 3. The van der Waals surface area contributed by atoms with Crippen LogP contribution in [-0.4, -0.2) is 62.3 Å². The quantitative estimate of drug-likeness (QED) is 0.297. The molecule has 0 spiro atoms. The van der Waals surface area contributed by atoms with E-state index in [0.29, 0.717) is 30.2 Å². The van der Waals surface area contributed by atoms with E-state index in [1.165, 1.54) is 11.3 Å². The molecule has 1 aliphatic heterocycles. The molecule has 1 amide bonds. The minimum Gasteiger partial charge on any atom is -0.444 e. The maximum absolute atomic E-state index is 13.8. The molecular formula is C31H37N7O3S. The lowest BCUT2D eigenvalue weighted by molar-refractivity contribution is 0.0240. The third-order valence-corrected chi connectivity index (χ3v) is 8.70. The smallest absolute Gasteiger partial charge is 0.410 e. The Morgan fingerprint density at radius 2 is 1.76 bits per heavy atom. The molecule has 42 heavy (non-hydrogen) atoms. The van der Waals surface area contributed by atoms with Gasteiger partial charge in [-0.2, -0.15) is 4.98 Å². The van der Waals surface area contributed by atoms with Crippen molar-refractivity contribution in [2.75, 3.05) is 36.4 Å². The summed E-state index contributed by atoms with van der Waals surface area (Å²) in [6.45, 7) is 10.3. The van der Waals surface area contributed by atoms with Crippen LogP contribution >= 0.6 is 11.3 Å². The fourth-order valence-corrected chi connectivity index (χ4v) is 6.42. The summed E-state index contributed by atoms with van der Waals surface area (Å²) < 4.78 is 7.42. The number of hydrogen-bond acceptors (Lipinski definition) is 9. The number of aryl methyl sites for hydroxylation is 1. The van der Waals surface area contributed by atoms with Crippen LogP contribution in [0.15, 0.2) is 46.8 Å². The van der Waals surface area contributed by atoms with Gasteiger partial charge in [-0.1, -0.05) is 12.8 Å². The largest absolute Gasteiger partial charge is 0.444 e. The average molecular weight is 588 g/mol. The van der Waals surface area contributed by atoms with Gasteiger partial charge in [0.1, 0.15) is 11.2 Å². The van der Waals surface area contributed by atoms with E-state index in [1.807, 2.05) is 50.5 Å². The normalized spacial score (nSPS) is 16.3. The monoisotopic (exact) mass is 587 g/mol. The van der Waals surface area contributed by atoms with E-state index in [1.54, 1.807) is 16.6 Å². The molecule has 11 heteroatoms. The Morgan fingerprint density at radius 1 is 1.05 bits per heavy atom. The molecule has 0 bridgehead atoms. The van der Waals surface area contributed by atoms with Crippen molar-refractivity contribution >= 4 is 45.8 Å². The number of nitrogens with one attached hydrogen (secondary N) is 1. The maximum Gasteiger partial charge on any atom is 0.410 e. The van der Waals surface area contributed by atoms with Gasteiger partial charge in [0.25, 0.3) is 5.56 Å². The van der Waals surface area contributed by atoms with Crippen molar-refractivity contribution in [1.82, 2.24) is 24.4 Å². The molecule has 4 heterocycles. The number of ether oxygens (including phenoxy) is 1. The average Bonchev–Trinajstić information content (AvgIpc) is 3.68. The van der Waals surface area contributed by atoms with E-state index in [-0.39, 0.29) is 17.7 Å². The summed E-state index contributed by atoms with van der Waals surface area (Å²) in [5.74, 6) is 0.468. The van der Waals surface area contributed by atoms with Crippen LogP contribution in [0.25, 0.3) is 21.5 Å². The number of amides is 1. The highest BCUT2D eigenvalue weighted by atomic mass is 32.1. The summed E-state index contributed by atoms with van der Waals surface area (Å²) in [5, 5.41) is 4.24. The number of rotatable bonds is 5. The predicted molar refractivity (Wildman–Crippen MR) is 167 cm³/mol. The predicted octanol–water partition coefficient (Wildman–Crippen LogP) is 6.14. The zero-order valence-electron chi connectivity index (χ0n) is 24.6. The molecule has 0 unspecified atom stereocenters. The number of piperazine rings is 1. The molecule has 1 saturated carbocycles. The molecule has 1 saturated heterocycles. The van der Waals surface area contributed by atoms with Crippen LogP contribution in [-0.2, 0) is 4.74 Å². The van der Waals surface area contributed by atoms with Crippen LogP contribution in [0.4, 0.5) is 22.1 Å². The van der Waals surface area contributed by atoms with Crippen LogP contribution in [0.5, 0.6) is 0 Å². The minimum atomic E-state index is -0.497. The number of pyridine rings is 1. The van der Waals surface area contributed by atoms with Gasteiger partial charge in [-0.25, -0.2) is 9.78 Å². The molecule has 2 fully saturated rings. The Labute approximate surface area is 249 Å². The van der Waals surface area contributed by atoms with E-state index >= 15 is 0 Å². The van der Waals surface area contributed by atoms with Crippen LogP contribution in [0.3, 0.4) is 0 Å². The molecule has 4 aromatic rings. The van der Waals surface area contributed by atoms with Gasteiger partial charge >= 0.3 is 6.09 Å². The molecule has 1 aromatic carbocycles. The summed E-state index contributed by atoms with van der Waals surface area (Å²) in [6.07, 6.45) is 5.66. The van der Waals surface area contributed by atoms with Gasteiger partial charge in [0.2, 0.25) is 5.95 Å². The number of nitrogens with zero attached hydrogens (tertiary/aromatic N) is 6. The number of aromatic nitrogens is 4. The summed E-state index contributed by atoms with van der Waals surface area (Å²) in [7, 11) is 0. The van der Waals surface area contributed by atoms with Crippen molar-refractivity contribution < 1.29 is 9.53 Å². The molecule has 1 N–H and O–H groups in total. The second-order valence-electron chi connectivity index (χ2n) is 12.0. The third-order valence-electron chi connectivity index (χ3n) is 7.89. The van der Waals surface area contributed by atoms with Crippen molar-refractivity contribution in [1.29, 1.82) is 0 Å². The van der Waals surface area contributed by atoms with Gasteiger partial charge in [0.15, 0.2) is 0 Å². The Bertz CT molecular complexity index is 1630. The second kappa shape index (κ2) is 11.4. The number of hydrogen-bond donors (Lipinski definition) is 1.